The molecule has 2 aromatic carbocycles. The Hall–Kier alpha value is -3.38. The van der Waals surface area contributed by atoms with E-state index in [0.717, 1.165) is 41.8 Å². The SMILES string of the molecule is CCn1c(=Cc2cccc[n+]2C)sc(=C2Sc3ccc(OC)cc3N2C)c1=O.Cc1ccc(S(=O)(=O)[O-])cc1. The van der Waals surface area contributed by atoms with Crippen LogP contribution < -0.4 is 29.0 Å². The number of thiazole rings is 1. The van der Waals surface area contributed by atoms with Gasteiger partial charge in [-0.2, -0.15) is 0 Å². The minimum Gasteiger partial charge on any atom is -0.744 e. The standard InChI is InChI=1S/C21H22N3O2S2.C7H8O3S/c1-5-24-18(12-14-8-6-7-11-22(14)2)28-19(20(24)25)21-23(3)16-13-15(26-4)9-10-17(16)27-21;1-6-2-4-7(5-3-6)11(8,9)10/h6-13H,5H2,1-4H3;2-5H,1H3,(H,8,9,10)/q+1;/p-1. The summed E-state index contributed by atoms with van der Waals surface area (Å²) >= 11 is 3.18. The lowest BCUT2D eigenvalue weighted by Gasteiger charge is -2.13. The maximum Gasteiger partial charge on any atom is 0.271 e. The first-order valence-electron chi connectivity index (χ1n) is 12.1. The fourth-order valence-corrected chi connectivity index (χ4v) is 6.85. The molecule has 1 aliphatic heterocycles. The van der Waals surface area contributed by atoms with Gasteiger partial charge in [-0.15, -0.1) is 11.3 Å². The van der Waals surface area contributed by atoms with Gasteiger partial charge in [0.2, 0.25) is 5.69 Å². The van der Waals surface area contributed by atoms with E-state index in [0.29, 0.717) is 6.54 Å². The third-order valence-electron chi connectivity index (χ3n) is 6.14. The molecule has 2 aromatic heterocycles. The molecule has 39 heavy (non-hydrogen) atoms. The molecule has 8 nitrogen and oxygen atoms in total. The lowest BCUT2D eigenvalue weighted by molar-refractivity contribution is -0.673. The highest BCUT2D eigenvalue weighted by Gasteiger charge is 2.25. The van der Waals surface area contributed by atoms with E-state index < -0.39 is 10.1 Å². The van der Waals surface area contributed by atoms with Crippen molar-refractivity contribution < 1.29 is 22.3 Å². The molecule has 0 bridgehead atoms. The lowest BCUT2D eigenvalue weighted by Crippen LogP contribution is -2.34. The van der Waals surface area contributed by atoms with Crippen LogP contribution >= 0.6 is 23.1 Å². The van der Waals surface area contributed by atoms with Crippen LogP contribution in [-0.2, 0) is 23.7 Å². The number of fused-ring (bicyclic) bond motifs is 1. The zero-order valence-corrected chi connectivity index (χ0v) is 24.7. The average Bonchev–Trinajstić information content (AvgIpc) is 3.40. The average molecular weight is 584 g/mol. The zero-order valence-electron chi connectivity index (χ0n) is 22.2. The fourth-order valence-electron chi connectivity index (χ4n) is 3.94. The number of aromatic nitrogens is 2. The first-order valence-corrected chi connectivity index (χ1v) is 15.1. The molecule has 11 heteroatoms. The number of thioether (sulfide) groups is 1. The van der Waals surface area contributed by atoms with E-state index in [9.17, 15) is 17.8 Å². The zero-order chi connectivity index (χ0) is 28.3. The van der Waals surface area contributed by atoms with Crippen molar-refractivity contribution in [3.63, 3.8) is 0 Å². The predicted octanol–water partition coefficient (Wildman–Crippen LogP) is 2.80. The van der Waals surface area contributed by atoms with Gasteiger partial charge in [-0.1, -0.05) is 29.5 Å². The van der Waals surface area contributed by atoms with Crippen molar-refractivity contribution in [2.45, 2.75) is 30.2 Å². The molecular weight excluding hydrogens is 555 g/mol. The molecule has 1 aliphatic rings. The van der Waals surface area contributed by atoms with E-state index in [1.807, 2.05) is 69.0 Å². The van der Waals surface area contributed by atoms with Crippen molar-refractivity contribution in [1.29, 1.82) is 0 Å². The van der Waals surface area contributed by atoms with Crippen molar-refractivity contribution in [3.8, 4) is 5.75 Å². The largest absolute Gasteiger partial charge is 0.744 e. The number of hydrogen-bond acceptors (Lipinski definition) is 8. The predicted molar refractivity (Wildman–Crippen MR) is 154 cm³/mol. The van der Waals surface area contributed by atoms with E-state index in [4.69, 9.17) is 4.74 Å². The fraction of sp³-hybridized carbons (Fsp3) is 0.214. The van der Waals surface area contributed by atoms with Gasteiger partial charge >= 0.3 is 0 Å². The highest BCUT2D eigenvalue weighted by molar-refractivity contribution is 8.08. The van der Waals surface area contributed by atoms with Crippen LogP contribution in [-0.4, -0.2) is 31.7 Å². The van der Waals surface area contributed by atoms with Gasteiger partial charge in [0, 0.05) is 42.8 Å². The Bertz CT molecular complexity index is 1790. The topological polar surface area (TPSA) is 95.6 Å². The van der Waals surface area contributed by atoms with E-state index in [2.05, 4.69) is 21.6 Å². The number of benzene rings is 2. The Kier molecular flexibility index (Phi) is 8.65. The summed E-state index contributed by atoms with van der Waals surface area (Å²) < 4.78 is 42.1. The number of nitrogens with zero attached hydrogens (tertiary/aromatic N) is 3. The highest BCUT2D eigenvalue weighted by Crippen LogP contribution is 2.46. The molecule has 0 radical (unpaired) electrons. The minimum absolute atomic E-state index is 0.0615. The number of methoxy groups -OCH3 is 1. The van der Waals surface area contributed by atoms with Crippen LogP contribution in [0.5, 0.6) is 5.75 Å². The number of anilines is 1. The summed E-state index contributed by atoms with van der Waals surface area (Å²) in [5, 5.41) is 0.970. The molecular formula is C28H29N3O5S3. The minimum atomic E-state index is -4.27. The Balaban J connectivity index is 0.000000270. The Morgan fingerprint density at radius 1 is 1.10 bits per heavy atom. The first kappa shape index (κ1) is 28.6. The molecule has 0 fully saturated rings. The molecule has 0 saturated carbocycles. The highest BCUT2D eigenvalue weighted by atomic mass is 32.2. The van der Waals surface area contributed by atoms with Gasteiger partial charge in [0.05, 0.1) is 17.7 Å². The summed E-state index contributed by atoms with van der Waals surface area (Å²) in [6.07, 6.45) is 4.09. The Morgan fingerprint density at radius 3 is 2.44 bits per heavy atom. The molecule has 0 aliphatic carbocycles. The van der Waals surface area contributed by atoms with Gasteiger partial charge in [0.25, 0.3) is 5.56 Å². The van der Waals surface area contributed by atoms with Crippen molar-refractivity contribution in [2.24, 2.45) is 7.05 Å². The summed E-state index contributed by atoms with van der Waals surface area (Å²) in [7, 11) is 1.41. The van der Waals surface area contributed by atoms with Crippen molar-refractivity contribution >= 4 is 50.0 Å². The van der Waals surface area contributed by atoms with Gasteiger partial charge in [-0.25, -0.2) is 13.0 Å². The molecule has 0 spiro atoms. The molecule has 3 heterocycles. The lowest BCUT2D eigenvalue weighted by atomic mass is 10.2. The van der Waals surface area contributed by atoms with Crippen LogP contribution in [0.3, 0.4) is 0 Å². The van der Waals surface area contributed by atoms with Crippen LogP contribution in [0.25, 0.3) is 11.1 Å². The smallest absolute Gasteiger partial charge is 0.271 e. The summed E-state index contributed by atoms with van der Waals surface area (Å²) in [5.41, 5.74) is 3.11. The third kappa shape index (κ3) is 6.27. The normalized spacial score (nSPS) is 14.6. The number of hydrogen-bond donors (Lipinski definition) is 0. The molecule has 4 aromatic rings. The van der Waals surface area contributed by atoms with E-state index >= 15 is 0 Å². The summed E-state index contributed by atoms with van der Waals surface area (Å²) in [5.74, 6) is 0.815. The second kappa shape index (κ2) is 11.8. The second-order valence-corrected chi connectivity index (χ2v) is 12.2. The molecule has 0 unspecified atom stereocenters. The van der Waals surface area contributed by atoms with Gasteiger partial charge in [-0.3, -0.25) is 9.36 Å². The van der Waals surface area contributed by atoms with Crippen LogP contribution in [0.4, 0.5) is 5.69 Å². The van der Waals surface area contributed by atoms with Gasteiger partial charge < -0.3 is 14.2 Å². The molecule has 0 atom stereocenters. The maximum atomic E-state index is 13.2. The summed E-state index contributed by atoms with van der Waals surface area (Å²) in [6.45, 7) is 4.47. The maximum absolute atomic E-state index is 13.2. The van der Waals surface area contributed by atoms with Gasteiger partial charge in [0.1, 0.15) is 37.1 Å². The van der Waals surface area contributed by atoms with Gasteiger partial charge in [-0.05, 0) is 44.2 Å². The monoisotopic (exact) mass is 583 g/mol. The second-order valence-electron chi connectivity index (χ2n) is 8.77. The molecule has 0 saturated heterocycles. The Morgan fingerprint density at radius 2 is 1.82 bits per heavy atom. The van der Waals surface area contributed by atoms with E-state index in [-0.39, 0.29) is 10.5 Å². The molecule has 0 N–H and O–H groups in total. The van der Waals surface area contributed by atoms with Crippen LogP contribution in [0.2, 0.25) is 0 Å². The molecule has 5 rings (SSSR count). The number of pyridine rings is 1. The molecule has 204 valence electrons. The van der Waals surface area contributed by atoms with Crippen LogP contribution in [0.1, 0.15) is 18.2 Å². The third-order valence-corrected chi connectivity index (χ3v) is 9.47. The summed E-state index contributed by atoms with van der Waals surface area (Å²) in [6, 6.07) is 17.9. The number of rotatable bonds is 4. The van der Waals surface area contributed by atoms with Crippen molar-refractivity contribution in [2.75, 3.05) is 19.1 Å². The number of ether oxygens (including phenoxy) is 1. The number of aryl methyl sites for hydroxylation is 2. The Labute approximate surface area is 235 Å². The quantitative estimate of drug-likeness (QED) is 0.269. The first-order chi connectivity index (χ1) is 18.5. The van der Waals surface area contributed by atoms with Crippen LogP contribution in [0.15, 0.2) is 81.4 Å². The van der Waals surface area contributed by atoms with Crippen LogP contribution in [0, 0.1) is 6.92 Å². The van der Waals surface area contributed by atoms with E-state index in [1.54, 1.807) is 42.3 Å². The van der Waals surface area contributed by atoms with Crippen molar-refractivity contribution in [1.82, 2.24) is 4.57 Å². The van der Waals surface area contributed by atoms with Gasteiger partial charge in [0.15, 0.2) is 6.20 Å². The van der Waals surface area contributed by atoms with Crippen molar-refractivity contribution in [3.05, 3.63) is 97.7 Å². The van der Waals surface area contributed by atoms with E-state index in [1.165, 1.54) is 12.1 Å². The summed E-state index contributed by atoms with van der Waals surface area (Å²) in [4.78, 5) is 16.2. The molecule has 0 amide bonds.